The smallest absolute Gasteiger partial charge is 0.187 e. The van der Waals surface area contributed by atoms with Crippen LogP contribution in [-0.4, -0.2) is 203 Å². The molecule has 27 atom stereocenters. The SMILES string of the molecule is CC(C)[C@@](CO)(CC(O)[C@@H](C)[C@H]1CC[C@H]2[C@@H]3CC[C@H]4[C@H](C)[C@@H](CO[C@@H]5O[C@H](CO)[C@@H](O)[C@H](O)[C@H]5O[C@@H]5O[C@H](CO)[C@@H](O)[C@H](O)[C@H]5O)CC[C@@]45C[C@@]35CC[C@]12C)O[C@@H]1O[C@H](CO)[C@@H](O)[C@H](O)[C@H]1O. The molecule has 1 unspecified atom stereocenters. The van der Waals surface area contributed by atoms with E-state index >= 15 is 0 Å². The maximum absolute atomic E-state index is 12.1. The Bertz CT molecular complexity index is 1660. The van der Waals surface area contributed by atoms with Crippen LogP contribution in [0.15, 0.2) is 0 Å². The number of hydrogen-bond acceptors (Lipinski definition) is 19. The van der Waals surface area contributed by atoms with Crippen LogP contribution in [0.5, 0.6) is 0 Å². The van der Waals surface area contributed by atoms with Crippen molar-refractivity contribution in [2.75, 3.05) is 33.0 Å². The summed E-state index contributed by atoms with van der Waals surface area (Å²) in [6, 6.07) is 0. The van der Waals surface area contributed by atoms with Gasteiger partial charge in [-0.2, -0.15) is 0 Å². The summed E-state index contributed by atoms with van der Waals surface area (Å²) in [5, 5.41) is 137. The molecule has 5 saturated carbocycles. The average molecular weight is 963 g/mol. The fourth-order valence-corrected chi connectivity index (χ4v) is 15.6. The standard InChI is InChI=1S/C48H82O19/c1-21(2)48(20-52,67-43-40(61)37(58)34(55)31(16-50)64-43)14-29(53)23(4)25-6-8-27-28-9-7-26-22(3)24(10-11-46(26)19-47(28,46)13-12-45(25,27)5)18-62-44-41(38(59)35(56)32(17-51)65-44)66-42-39(60)36(57)33(54)30(15-49)63-42/h21-44,49-61H,6-20H2,1-5H3/t22-,23+,24-,25-,26+,27+,28+,29?,30-,31-,32-,33-,34-,35-,36+,37+,38+,39-,40-,41-,42+,43+,44-,45-,46-,47+,48+/m1/s1. The topological polar surface area (TPSA) is 318 Å². The molecule has 8 rings (SSSR count). The summed E-state index contributed by atoms with van der Waals surface area (Å²) in [5.74, 6) is 1.72. The number of hydrogen-bond donors (Lipinski definition) is 13. The van der Waals surface area contributed by atoms with E-state index in [-0.39, 0.29) is 52.9 Å². The molecule has 0 bridgehead atoms. The Hall–Kier alpha value is -0.760. The first-order valence-electron chi connectivity index (χ1n) is 25.2. The zero-order chi connectivity index (χ0) is 48.7. The Morgan fingerprint density at radius 2 is 1.15 bits per heavy atom. The van der Waals surface area contributed by atoms with Crippen LogP contribution in [0, 0.1) is 63.6 Å². The highest BCUT2D eigenvalue weighted by Gasteiger charge is 2.79. The van der Waals surface area contributed by atoms with E-state index in [1.165, 1.54) is 6.42 Å². The van der Waals surface area contributed by atoms with Crippen LogP contribution in [0.4, 0.5) is 0 Å². The average Bonchev–Trinajstić information content (AvgIpc) is 3.85. The van der Waals surface area contributed by atoms with Crippen LogP contribution < -0.4 is 0 Å². The first kappa shape index (κ1) is 52.6. The van der Waals surface area contributed by atoms with Gasteiger partial charge in [-0.25, -0.2) is 0 Å². The molecule has 2 spiro atoms. The molecule has 0 aromatic carbocycles. The van der Waals surface area contributed by atoms with E-state index in [0.29, 0.717) is 23.7 Å². The number of fused-ring (bicyclic) bond motifs is 2. The van der Waals surface area contributed by atoms with Gasteiger partial charge >= 0.3 is 0 Å². The van der Waals surface area contributed by atoms with E-state index in [4.69, 9.17) is 28.4 Å². The number of ether oxygens (including phenoxy) is 6. The summed E-state index contributed by atoms with van der Waals surface area (Å²) in [6.45, 7) is 8.39. The van der Waals surface area contributed by atoms with Crippen molar-refractivity contribution >= 4 is 0 Å². The molecule has 13 N–H and O–H groups in total. The highest BCUT2D eigenvalue weighted by atomic mass is 16.8. The molecule has 388 valence electrons. The lowest BCUT2D eigenvalue weighted by Gasteiger charge is -2.58. The van der Waals surface area contributed by atoms with E-state index < -0.39 is 130 Å². The molecule has 0 radical (unpaired) electrons. The summed E-state index contributed by atoms with van der Waals surface area (Å²) >= 11 is 0. The molecule has 19 heteroatoms. The summed E-state index contributed by atoms with van der Waals surface area (Å²) in [7, 11) is 0. The van der Waals surface area contributed by atoms with Gasteiger partial charge in [-0.3, -0.25) is 0 Å². The Morgan fingerprint density at radius 3 is 1.75 bits per heavy atom. The third-order valence-electron chi connectivity index (χ3n) is 19.9. The monoisotopic (exact) mass is 963 g/mol. The zero-order valence-electron chi connectivity index (χ0n) is 39.7. The van der Waals surface area contributed by atoms with Crippen molar-refractivity contribution in [3.05, 3.63) is 0 Å². The van der Waals surface area contributed by atoms with Gasteiger partial charge in [0.2, 0.25) is 0 Å². The van der Waals surface area contributed by atoms with Crippen LogP contribution in [0.1, 0.15) is 98.8 Å². The molecule has 3 saturated heterocycles. The molecule has 5 aliphatic carbocycles. The third-order valence-corrected chi connectivity index (χ3v) is 19.9. The predicted molar refractivity (Wildman–Crippen MR) is 233 cm³/mol. The zero-order valence-corrected chi connectivity index (χ0v) is 39.7. The Kier molecular flexibility index (Phi) is 15.6. The maximum atomic E-state index is 12.1. The Labute approximate surface area is 393 Å². The first-order valence-corrected chi connectivity index (χ1v) is 25.2. The minimum absolute atomic E-state index is 0.000207. The van der Waals surface area contributed by atoms with Crippen molar-refractivity contribution < 1.29 is 94.8 Å². The number of aliphatic hydroxyl groups is 13. The van der Waals surface area contributed by atoms with Gasteiger partial charge in [0.05, 0.1) is 44.7 Å². The molecule has 67 heavy (non-hydrogen) atoms. The summed E-state index contributed by atoms with van der Waals surface area (Å²) in [5.41, 5.74) is -0.866. The van der Waals surface area contributed by atoms with E-state index in [1.807, 2.05) is 13.8 Å². The summed E-state index contributed by atoms with van der Waals surface area (Å²) < 4.78 is 35.7. The molecule has 3 heterocycles. The van der Waals surface area contributed by atoms with Crippen molar-refractivity contribution in [3.8, 4) is 0 Å². The van der Waals surface area contributed by atoms with E-state index in [1.54, 1.807) is 0 Å². The Morgan fingerprint density at radius 1 is 0.612 bits per heavy atom. The quantitative estimate of drug-likeness (QED) is 0.0837. The van der Waals surface area contributed by atoms with Gasteiger partial charge in [0.1, 0.15) is 73.2 Å². The molecule has 0 amide bonds. The number of rotatable bonds is 16. The van der Waals surface area contributed by atoms with Crippen molar-refractivity contribution in [2.45, 2.75) is 203 Å². The highest BCUT2D eigenvalue weighted by Crippen LogP contribution is 2.86. The van der Waals surface area contributed by atoms with Gasteiger partial charge in [0.25, 0.3) is 0 Å². The second-order valence-corrected chi connectivity index (χ2v) is 22.9. The highest BCUT2D eigenvalue weighted by molar-refractivity contribution is 5.27. The normalized spacial score (nSPS) is 52.6. The van der Waals surface area contributed by atoms with Crippen molar-refractivity contribution in [1.82, 2.24) is 0 Å². The van der Waals surface area contributed by atoms with Crippen molar-refractivity contribution in [2.24, 2.45) is 63.6 Å². The van der Waals surface area contributed by atoms with Crippen molar-refractivity contribution in [1.29, 1.82) is 0 Å². The largest absolute Gasteiger partial charge is 0.394 e. The van der Waals surface area contributed by atoms with Gasteiger partial charge in [0.15, 0.2) is 18.9 Å². The van der Waals surface area contributed by atoms with Crippen LogP contribution in [0.25, 0.3) is 0 Å². The molecule has 8 aliphatic rings. The molecule has 0 aromatic rings. The second kappa shape index (κ2) is 19.9. The summed E-state index contributed by atoms with van der Waals surface area (Å²) in [4.78, 5) is 0. The lowest BCUT2D eigenvalue weighted by molar-refractivity contribution is -0.368. The van der Waals surface area contributed by atoms with Crippen LogP contribution in [0.2, 0.25) is 0 Å². The molecule has 8 fully saturated rings. The van der Waals surface area contributed by atoms with Gasteiger partial charge in [0, 0.05) is 6.42 Å². The fourth-order valence-electron chi connectivity index (χ4n) is 15.6. The van der Waals surface area contributed by atoms with Gasteiger partial charge < -0.3 is 94.8 Å². The predicted octanol–water partition coefficient (Wildman–Crippen LogP) is -1.51. The van der Waals surface area contributed by atoms with E-state index in [0.717, 1.165) is 51.4 Å². The molecular formula is C48H82O19. The van der Waals surface area contributed by atoms with Crippen LogP contribution in [0.3, 0.4) is 0 Å². The van der Waals surface area contributed by atoms with Crippen molar-refractivity contribution in [3.63, 3.8) is 0 Å². The van der Waals surface area contributed by atoms with Gasteiger partial charge in [-0.05, 0) is 121 Å². The van der Waals surface area contributed by atoms with E-state index in [2.05, 4.69) is 20.8 Å². The van der Waals surface area contributed by atoms with E-state index in [9.17, 15) is 66.4 Å². The van der Waals surface area contributed by atoms with Gasteiger partial charge in [-0.1, -0.05) is 34.6 Å². The molecule has 0 aromatic heterocycles. The fraction of sp³-hybridized carbons (Fsp3) is 1.00. The third kappa shape index (κ3) is 8.69. The lowest BCUT2D eigenvalue weighted by Crippen LogP contribution is -2.64. The second-order valence-electron chi connectivity index (χ2n) is 22.9. The van der Waals surface area contributed by atoms with Crippen LogP contribution >= 0.6 is 0 Å². The Balaban J connectivity index is 0.908. The molecule has 3 aliphatic heterocycles. The van der Waals surface area contributed by atoms with Gasteiger partial charge in [-0.15, -0.1) is 0 Å². The minimum atomic E-state index is -1.76. The lowest BCUT2D eigenvalue weighted by atomic mass is 9.47. The summed E-state index contributed by atoms with van der Waals surface area (Å²) in [6.07, 6.45) is -13.7. The first-order chi connectivity index (χ1) is 31.7. The molecular weight excluding hydrogens is 881 g/mol. The van der Waals surface area contributed by atoms with Crippen LogP contribution in [-0.2, 0) is 28.4 Å². The number of aliphatic hydroxyl groups excluding tert-OH is 13. The molecule has 19 nitrogen and oxygen atoms in total. The maximum Gasteiger partial charge on any atom is 0.187 e. The minimum Gasteiger partial charge on any atom is -0.394 e.